The summed E-state index contributed by atoms with van der Waals surface area (Å²) in [6.45, 7) is 12.1. The zero-order chi connectivity index (χ0) is 13.7. The maximum Gasteiger partial charge on any atom is 0.280 e. The van der Waals surface area contributed by atoms with E-state index in [1.807, 2.05) is 11.8 Å². The largest absolute Gasteiger partial charge is 0.372 e. The molecule has 2 N–H and O–H groups in total. The van der Waals surface area contributed by atoms with Crippen molar-refractivity contribution in [3.8, 4) is 0 Å². The van der Waals surface area contributed by atoms with Gasteiger partial charge in [0.2, 0.25) is 0 Å². The lowest BCUT2D eigenvalue weighted by molar-refractivity contribution is -0.679. The second-order valence-corrected chi connectivity index (χ2v) is 5.83. The second-order valence-electron chi connectivity index (χ2n) is 5.83. The van der Waals surface area contributed by atoms with E-state index in [1.54, 1.807) is 0 Å². The summed E-state index contributed by atoms with van der Waals surface area (Å²) in [7, 11) is 0. The Morgan fingerprint density at radius 2 is 1.89 bits per heavy atom. The fraction of sp³-hybridized carbons (Fsp3) is 0.929. The smallest absolute Gasteiger partial charge is 0.280 e. The fourth-order valence-electron chi connectivity index (χ4n) is 2.63. The van der Waals surface area contributed by atoms with E-state index in [0.29, 0.717) is 6.10 Å². The molecule has 0 spiro atoms. The van der Waals surface area contributed by atoms with Crippen LogP contribution >= 0.6 is 0 Å². The SMILES string of the molecule is CC(C)N(C(=O)[C@H](C)[NH2+]C[C@@H]1CCCO1)C(C)C. The van der Waals surface area contributed by atoms with Crippen molar-refractivity contribution in [2.45, 2.75) is 71.7 Å². The van der Waals surface area contributed by atoms with Crippen LogP contribution in [0.15, 0.2) is 0 Å². The quantitative estimate of drug-likeness (QED) is 0.764. The molecule has 1 aliphatic heterocycles. The molecule has 1 amide bonds. The Labute approximate surface area is 111 Å². The molecule has 0 aromatic carbocycles. The van der Waals surface area contributed by atoms with Crippen LogP contribution in [0.3, 0.4) is 0 Å². The molecule has 1 saturated heterocycles. The maximum absolute atomic E-state index is 12.4. The van der Waals surface area contributed by atoms with Gasteiger partial charge in [-0.25, -0.2) is 0 Å². The van der Waals surface area contributed by atoms with Crippen molar-refractivity contribution < 1.29 is 14.8 Å². The van der Waals surface area contributed by atoms with Crippen molar-refractivity contribution in [3.05, 3.63) is 0 Å². The number of carbonyl (C=O) groups is 1. The average molecular weight is 257 g/mol. The van der Waals surface area contributed by atoms with Gasteiger partial charge in [0, 0.05) is 18.7 Å². The van der Waals surface area contributed by atoms with Crippen LogP contribution in [0.1, 0.15) is 47.5 Å². The predicted molar refractivity (Wildman–Crippen MR) is 72.3 cm³/mol. The monoisotopic (exact) mass is 257 g/mol. The van der Waals surface area contributed by atoms with E-state index in [2.05, 4.69) is 33.0 Å². The third kappa shape index (κ3) is 4.25. The molecule has 106 valence electrons. The first-order valence-corrected chi connectivity index (χ1v) is 7.20. The summed E-state index contributed by atoms with van der Waals surface area (Å²) in [6.07, 6.45) is 2.63. The summed E-state index contributed by atoms with van der Waals surface area (Å²) in [5, 5.41) is 2.12. The highest BCUT2D eigenvalue weighted by atomic mass is 16.5. The number of rotatable bonds is 6. The van der Waals surface area contributed by atoms with Crippen molar-refractivity contribution in [2.75, 3.05) is 13.2 Å². The van der Waals surface area contributed by atoms with Crippen molar-refractivity contribution in [1.82, 2.24) is 4.90 Å². The number of quaternary nitrogens is 1. The van der Waals surface area contributed by atoms with E-state index in [0.717, 1.165) is 26.0 Å². The standard InChI is InChI=1S/C14H28N2O2/c1-10(2)16(11(3)4)14(17)12(5)15-9-13-7-6-8-18-13/h10-13,15H,6-9H2,1-5H3/p+1/t12-,13-/m0/s1. The van der Waals surface area contributed by atoms with Gasteiger partial charge in [-0.1, -0.05) is 0 Å². The van der Waals surface area contributed by atoms with E-state index in [9.17, 15) is 4.79 Å². The lowest BCUT2D eigenvalue weighted by atomic mass is 10.1. The molecule has 4 nitrogen and oxygen atoms in total. The van der Waals surface area contributed by atoms with Gasteiger partial charge in [-0.05, 0) is 47.5 Å². The minimum Gasteiger partial charge on any atom is -0.372 e. The lowest BCUT2D eigenvalue weighted by Crippen LogP contribution is -2.93. The first-order valence-electron chi connectivity index (χ1n) is 7.20. The number of nitrogens with two attached hydrogens (primary N) is 1. The molecule has 1 fully saturated rings. The highest BCUT2D eigenvalue weighted by molar-refractivity contribution is 5.80. The molecular formula is C14H29N2O2+. The van der Waals surface area contributed by atoms with Crippen LogP contribution in [-0.2, 0) is 9.53 Å². The fourth-order valence-corrected chi connectivity index (χ4v) is 2.63. The lowest BCUT2D eigenvalue weighted by Gasteiger charge is -2.32. The van der Waals surface area contributed by atoms with Crippen LogP contribution in [0.5, 0.6) is 0 Å². The minimum absolute atomic E-state index is 0.0148. The van der Waals surface area contributed by atoms with Crippen molar-refractivity contribution in [1.29, 1.82) is 0 Å². The minimum atomic E-state index is -0.0148. The molecule has 4 heteroatoms. The summed E-state index contributed by atoms with van der Waals surface area (Å²) in [5.41, 5.74) is 0. The van der Waals surface area contributed by atoms with Crippen LogP contribution in [0.2, 0.25) is 0 Å². The van der Waals surface area contributed by atoms with Gasteiger partial charge in [-0.3, -0.25) is 4.79 Å². The molecule has 1 aliphatic rings. The maximum atomic E-state index is 12.4. The number of carbonyl (C=O) groups excluding carboxylic acids is 1. The third-order valence-corrected chi connectivity index (χ3v) is 3.53. The third-order valence-electron chi connectivity index (χ3n) is 3.53. The van der Waals surface area contributed by atoms with Gasteiger partial charge >= 0.3 is 0 Å². The summed E-state index contributed by atoms with van der Waals surface area (Å²) in [5.74, 6) is 0.234. The van der Waals surface area contributed by atoms with Gasteiger partial charge in [0.1, 0.15) is 12.6 Å². The zero-order valence-corrected chi connectivity index (χ0v) is 12.5. The molecule has 0 aromatic rings. The van der Waals surface area contributed by atoms with Crippen LogP contribution in [0, 0.1) is 0 Å². The molecule has 0 radical (unpaired) electrons. The average Bonchev–Trinajstić information content (AvgIpc) is 2.77. The molecule has 1 heterocycles. The highest BCUT2D eigenvalue weighted by Gasteiger charge is 2.28. The number of ether oxygens (including phenoxy) is 1. The van der Waals surface area contributed by atoms with Crippen LogP contribution in [0.25, 0.3) is 0 Å². The normalized spacial score (nSPS) is 21.6. The first kappa shape index (κ1) is 15.4. The Morgan fingerprint density at radius 1 is 1.28 bits per heavy atom. The summed E-state index contributed by atoms with van der Waals surface area (Å²) < 4.78 is 5.58. The molecule has 0 bridgehead atoms. The Balaban J connectivity index is 2.43. The van der Waals surface area contributed by atoms with Gasteiger partial charge in [0.15, 0.2) is 6.04 Å². The summed E-state index contributed by atoms with van der Waals surface area (Å²) >= 11 is 0. The number of nitrogens with zero attached hydrogens (tertiary/aromatic N) is 1. The molecule has 18 heavy (non-hydrogen) atoms. The number of hydrogen-bond acceptors (Lipinski definition) is 2. The van der Waals surface area contributed by atoms with Crippen LogP contribution < -0.4 is 5.32 Å². The van der Waals surface area contributed by atoms with Crippen molar-refractivity contribution >= 4 is 5.91 Å². The summed E-state index contributed by atoms with van der Waals surface area (Å²) in [4.78, 5) is 14.4. The van der Waals surface area contributed by atoms with Gasteiger partial charge in [0.05, 0.1) is 0 Å². The van der Waals surface area contributed by atoms with E-state index >= 15 is 0 Å². The molecule has 0 aromatic heterocycles. The van der Waals surface area contributed by atoms with Gasteiger partial charge < -0.3 is 15.0 Å². The Hall–Kier alpha value is -0.610. The number of hydrogen-bond donors (Lipinski definition) is 1. The summed E-state index contributed by atoms with van der Waals surface area (Å²) in [6, 6.07) is 0.506. The van der Waals surface area contributed by atoms with E-state index in [1.165, 1.54) is 0 Å². The van der Waals surface area contributed by atoms with Gasteiger partial charge in [0.25, 0.3) is 5.91 Å². The van der Waals surface area contributed by atoms with Crippen molar-refractivity contribution in [2.24, 2.45) is 0 Å². The zero-order valence-electron chi connectivity index (χ0n) is 12.5. The number of amides is 1. The molecular weight excluding hydrogens is 228 g/mol. The molecule has 1 rings (SSSR count). The van der Waals surface area contributed by atoms with Gasteiger partial charge in [-0.15, -0.1) is 0 Å². The first-order chi connectivity index (χ1) is 8.43. The van der Waals surface area contributed by atoms with Gasteiger partial charge in [-0.2, -0.15) is 0 Å². The van der Waals surface area contributed by atoms with Crippen molar-refractivity contribution in [3.63, 3.8) is 0 Å². The topological polar surface area (TPSA) is 46.2 Å². The van der Waals surface area contributed by atoms with E-state index < -0.39 is 0 Å². The molecule has 0 aliphatic carbocycles. The molecule has 2 atom stereocenters. The Kier molecular flexibility index (Phi) is 6.09. The second kappa shape index (κ2) is 7.10. The Bertz CT molecular complexity index is 253. The van der Waals surface area contributed by atoms with E-state index in [4.69, 9.17) is 4.74 Å². The van der Waals surface area contributed by atoms with Crippen LogP contribution in [0.4, 0.5) is 0 Å². The predicted octanol–water partition coefficient (Wildman–Crippen LogP) is 0.763. The van der Waals surface area contributed by atoms with Crippen LogP contribution in [-0.4, -0.2) is 48.2 Å². The van der Waals surface area contributed by atoms with E-state index in [-0.39, 0.29) is 24.0 Å². The highest BCUT2D eigenvalue weighted by Crippen LogP contribution is 2.10. The molecule has 0 unspecified atom stereocenters. The Morgan fingerprint density at radius 3 is 2.33 bits per heavy atom. The molecule has 0 saturated carbocycles.